The van der Waals surface area contributed by atoms with E-state index < -0.39 is 6.10 Å². The molecule has 0 saturated carbocycles. The van der Waals surface area contributed by atoms with Crippen LogP contribution in [0.25, 0.3) is 0 Å². The second-order valence-electron chi connectivity index (χ2n) is 6.63. The first-order valence-electron chi connectivity index (χ1n) is 8.73. The Bertz CT molecular complexity index is 710. The van der Waals surface area contributed by atoms with E-state index in [9.17, 15) is 9.90 Å². The van der Waals surface area contributed by atoms with E-state index in [1.54, 1.807) is 25.5 Å². The molecule has 1 amide bonds. The minimum absolute atomic E-state index is 0.0555. The summed E-state index contributed by atoms with van der Waals surface area (Å²) in [6.45, 7) is 2.73. The number of aryl methyl sites for hydroxylation is 1. The molecular formula is C20H25NO4. The molecule has 0 spiro atoms. The summed E-state index contributed by atoms with van der Waals surface area (Å²) in [4.78, 5) is 14.7. The van der Waals surface area contributed by atoms with Crippen LogP contribution in [0.15, 0.2) is 41.0 Å². The van der Waals surface area contributed by atoms with Crippen molar-refractivity contribution in [2.75, 3.05) is 13.7 Å². The van der Waals surface area contributed by atoms with Crippen molar-refractivity contribution in [2.24, 2.45) is 0 Å². The highest BCUT2D eigenvalue weighted by Gasteiger charge is 2.31. The predicted octanol–water partition coefficient (Wildman–Crippen LogP) is 3.25. The molecule has 0 aliphatic carbocycles. The number of amides is 1. The molecule has 2 atom stereocenters. The fraction of sp³-hybridized carbons (Fsp3) is 0.450. The zero-order valence-corrected chi connectivity index (χ0v) is 14.8. The lowest BCUT2D eigenvalue weighted by atomic mass is 10.0. The van der Waals surface area contributed by atoms with Crippen molar-refractivity contribution in [1.29, 1.82) is 0 Å². The Morgan fingerprint density at radius 2 is 2.28 bits per heavy atom. The highest BCUT2D eigenvalue weighted by atomic mass is 16.5. The second-order valence-corrected chi connectivity index (χ2v) is 6.63. The molecule has 1 aromatic heterocycles. The van der Waals surface area contributed by atoms with Gasteiger partial charge in [-0.15, -0.1) is 0 Å². The number of carbonyl (C=O) groups is 1. The minimum atomic E-state index is -0.673. The van der Waals surface area contributed by atoms with Crippen LogP contribution in [0.2, 0.25) is 0 Å². The number of rotatable bonds is 6. The lowest BCUT2D eigenvalue weighted by Crippen LogP contribution is -2.37. The lowest BCUT2D eigenvalue weighted by molar-refractivity contribution is -0.131. The zero-order chi connectivity index (χ0) is 17.8. The van der Waals surface area contributed by atoms with Crippen LogP contribution >= 0.6 is 0 Å². The molecule has 1 N–H and O–H groups in total. The molecule has 0 bridgehead atoms. The van der Waals surface area contributed by atoms with E-state index in [-0.39, 0.29) is 11.9 Å². The molecular weight excluding hydrogens is 318 g/mol. The molecule has 5 heteroatoms. The standard InChI is InChI=1S/C20H25NO4/c1-14-7-8-15(11-19(14)24-2)12-20(23)21-9-3-5-16(21)13-17(22)18-6-4-10-25-18/h4,6-8,10-11,16-17,22H,3,5,9,12-13H2,1-2H3. The number of nitrogens with zero attached hydrogens (tertiary/aromatic N) is 1. The van der Waals surface area contributed by atoms with Crippen molar-refractivity contribution in [3.8, 4) is 5.75 Å². The number of ether oxygens (including phenoxy) is 1. The third-order valence-electron chi connectivity index (χ3n) is 4.89. The van der Waals surface area contributed by atoms with E-state index in [1.165, 1.54) is 0 Å². The molecule has 2 unspecified atom stereocenters. The monoisotopic (exact) mass is 343 g/mol. The molecule has 1 aromatic carbocycles. The number of carbonyl (C=O) groups excluding carboxylic acids is 1. The maximum Gasteiger partial charge on any atom is 0.227 e. The van der Waals surface area contributed by atoms with Crippen molar-refractivity contribution in [2.45, 2.75) is 44.8 Å². The predicted molar refractivity (Wildman–Crippen MR) is 94.5 cm³/mol. The average molecular weight is 343 g/mol. The van der Waals surface area contributed by atoms with Crippen LogP contribution in [0, 0.1) is 6.92 Å². The molecule has 25 heavy (non-hydrogen) atoms. The quantitative estimate of drug-likeness (QED) is 0.874. The van der Waals surface area contributed by atoms with Gasteiger partial charge in [0.05, 0.1) is 19.8 Å². The van der Waals surface area contributed by atoms with Gasteiger partial charge in [0.1, 0.15) is 17.6 Å². The summed E-state index contributed by atoms with van der Waals surface area (Å²) >= 11 is 0. The highest BCUT2D eigenvalue weighted by Crippen LogP contribution is 2.28. The van der Waals surface area contributed by atoms with Gasteiger partial charge in [-0.2, -0.15) is 0 Å². The van der Waals surface area contributed by atoms with Gasteiger partial charge in [-0.05, 0) is 49.1 Å². The largest absolute Gasteiger partial charge is 0.496 e. The number of aliphatic hydroxyl groups excluding tert-OH is 1. The second kappa shape index (κ2) is 7.74. The normalized spacial score (nSPS) is 18.4. The summed E-state index contributed by atoms with van der Waals surface area (Å²) < 4.78 is 10.6. The lowest BCUT2D eigenvalue weighted by Gasteiger charge is -2.26. The molecule has 3 rings (SSSR count). The maximum atomic E-state index is 12.8. The topological polar surface area (TPSA) is 62.9 Å². The van der Waals surface area contributed by atoms with Crippen molar-refractivity contribution in [1.82, 2.24) is 4.90 Å². The van der Waals surface area contributed by atoms with Gasteiger partial charge in [-0.25, -0.2) is 0 Å². The first-order valence-corrected chi connectivity index (χ1v) is 8.73. The molecule has 1 aliphatic rings. The van der Waals surface area contributed by atoms with Gasteiger partial charge in [0.2, 0.25) is 5.91 Å². The third-order valence-corrected chi connectivity index (χ3v) is 4.89. The van der Waals surface area contributed by atoms with E-state index in [2.05, 4.69) is 0 Å². The molecule has 0 radical (unpaired) electrons. The van der Waals surface area contributed by atoms with Crippen molar-refractivity contribution >= 4 is 5.91 Å². The van der Waals surface area contributed by atoms with Crippen molar-refractivity contribution in [3.05, 3.63) is 53.5 Å². The van der Waals surface area contributed by atoms with Crippen LogP contribution in [-0.2, 0) is 11.2 Å². The van der Waals surface area contributed by atoms with Crippen molar-refractivity contribution in [3.63, 3.8) is 0 Å². The molecule has 1 saturated heterocycles. The number of aliphatic hydroxyl groups is 1. The molecule has 1 aliphatic heterocycles. The first kappa shape index (κ1) is 17.5. The van der Waals surface area contributed by atoms with Crippen molar-refractivity contribution < 1.29 is 19.1 Å². The molecule has 2 heterocycles. The summed E-state index contributed by atoms with van der Waals surface area (Å²) in [5.74, 6) is 1.46. The van der Waals surface area contributed by atoms with E-state index in [1.807, 2.05) is 30.0 Å². The smallest absolute Gasteiger partial charge is 0.227 e. The Morgan fingerprint density at radius 1 is 1.44 bits per heavy atom. The zero-order valence-electron chi connectivity index (χ0n) is 14.8. The average Bonchev–Trinajstić information content (AvgIpc) is 3.28. The third kappa shape index (κ3) is 4.04. The van der Waals surface area contributed by atoms with Gasteiger partial charge in [-0.1, -0.05) is 12.1 Å². The van der Waals surface area contributed by atoms with Gasteiger partial charge >= 0.3 is 0 Å². The fourth-order valence-corrected chi connectivity index (χ4v) is 3.51. The van der Waals surface area contributed by atoms with Gasteiger partial charge in [0.15, 0.2) is 0 Å². The fourth-order valence-electron chi connectivity index (χ4n) is 3.51. The first-order chi connectivity index (χ1) is 12.1. The van der Waals surface area contributed by atoms with Crippen LogP contribution < -0.4 is 4.74 Å². The van der Waals surface area contributed by atoms with Crippen LogP contribution in [0.3, 0.4) is 0 Å². The van der Waals surface area contributed by atoms with E-state index in [0.717, 1.165) is 36.3 Å². The van der Waals surface area contributed by atoms with E-state index >= 15 is 0 Å². The SMILES string of the molecule is COc1cc(CC(=O)N2CCCC2CC(O)c2ccco2)ccc1C. The minimum Gasteiger partial charge on any atom is -0.496 e. The van der Waals surface area contributed by atoms with Gasteiger partial charge in [-0.3, -0.25) is 4.79 Å². The Labute approximate surface area is 148 Å². The van der Waals surface area contributed by atoms with Gasteiger partial charge in [0.25, 0.3) is 0 Å². The van der Waals surface area contributed by atoms with Gasteiger partial charge < -0.3 is 19.2 Å². The summed E-state index contributed by atoms with van der Waals surface area (Å²) in [5, 5.41) is 10.3. The molecule has 2 aromatic rings. The van der Waals surface area contributed by atoms with Crippen LogP contribution in [0.1, 0.15) is 42.3 Å². The number of hydrogen-bond acceptors (Lipinski definition) is 4. The summed E-state index contributed by atoms with van der Waals surface area (Å²) in [7, 11) is 1.64. The Morgan fingerprint density at radius 3 is 3.00 bits per heavy atom. The summed E-state index contributed by atoms with van der Waals surface area (Å²) in [6.07, 6.45) is 3.63. The Kier molecular flexibility index (Phi) is 5.43. The van der Waals surface area contributed by atoms with Gasteiger partial charge in [0, 0.05) is 19.0 Å². The Hall–Kier alpha value is -2.27. The maximum absolute atomic E-state index is 12.8. The number of methoxy groups -OCH3 is 1. The van der Waals surface area contributed by atoms with Crippen LogP contribution in [0.4, 0.5) is 0 Å². The van der Waals surface area contributed by atoms with E-state index in [0.29, 0.717) is 18.6 Å². The number of likely N-dealkylation sites (tertiary alicyclic amines) is 1. The summed E-state index contributed by atoms with van der Waals surface area (Å²) in [5.41, 5.74) is 2.00. The summed E-state index contributed by atoms with van der Waals surface area (Å²) in [6, 6.07) is 9.46. The van der Waals surface area contributed by atoms with E-state index in [4.69, 9.17) is 9.15 Å². The molecule has 1 fully saturated rings. The van der Waals surface area contributed by atoms with Crippen LogP contribution in [0.5, 0.6) is 5.75 Å². The number of benzene rings is 1. The highest BCUT2D eigenvalue weighted by molar-refractivity contribution is 5.79. The number of furan rings is 1. The van der Waals surface area contributed by atoms with Crippen LogP contribution in [-0.4, -0.2) is 35.6 Å². The molecule has 134 valence electrons. The Balaban J connectivity index is 1.64. The number of hydrogen-bond donors (Lipinski definition) is 1. The molecule has 5 nitrogen and oxygen atoms in total.